The Morgan fingerprint density at radius 1 is 0.875 bits per heavy atom. The van der Waals surface area contributed by atoms with Crippen LogP contribution in [0.4, 0.5) is 0 Å². The maximum Gasteiger partial charge on any atom is 0.243 e. The van der Waals surface area contributed by atoms with Crippen molar-refractivity contribution >= 4 is 23.6 Å². The zero-order valence-electron chi connectivity index (χ0n) is 23.7. The van der Waals surface area contributed by atoms with Crippen LogP contribution in [0.5, 0.6) is 0 Å². The van der Waals surface area contributed by atoms with Gasteiger partial charge in [-0.1, -0.05) is 50.2 Å². The number of aromatic nitrogens is 1. The molecule has 0 bridgehead atoms. The molecule has 1 fully saturated rings. The fourth-order valence-corrected chi connectivity index (χ4v) is 4.60. The summed E-state index contributed by atoms with van der Waals surface area (Å²) in [7, 11) is 0. The normalized spacial score (nSPS) is 22.9. The number of rotatable bonds is 5. The molecular weight excluding hydrogens is 508 g/mol. The third-order valence-corrected chi connectivity index (χ3v) is 6.87. The fraction of sp³-hybridized carbons (Fsp3) is 0.500. The largest absolute Gasteiger partial charge is 0.354 e. The molecule has 4 amide bonds. The number of nitrogens with zero attached hydrogens (tertiary/aromatic N) is 2. The Kier molecular flexibility index (Phi) is 12.1. The SMILES string of the molecule is CC(C)[C@H]1NC(=O)[C@@H](C)NC(=O)[C@H](Cc2ccccc2)NC(=O)CCCN(Cc2ccccn2)CCCNC1=O. The number of pyridine rings is 1. The highest BCUT2D eigenvalue weighted by molar-refractivity contribution is 5.94. The van der Waals surface area contributed by atoms with Crippen LogP contribution in [0.25, 0.3) is 0 Å². The van der Waals surface area contributed by atoms with E-state index in [0.29, 0.717) is 39.0 Å². The van der Waals surface area contributed by atoms with Crippen molar-refractivity contribution in [1.82, 2.24) is 31.2 Å². The molecule has 0 aliphatic carbocycles. The predicted molar refractivity (Wildman–Crippen MR) is 153 cm³/mol. The van der Waals surface area contributed by atoms with Crippen molar-refractivity contribution in [3.8, 4) is 0 Å². The van der Waals surface area contributed by atoms with Gasteiger partial charge in [0.1, 0.15) is 18.1 Å². The summed E-state index contributed by atoms with van der Waals surface area (Å²) in [6.07, 6.45) is 3.59. The van der Waals surface area contributed by atoms with E-state index in [-0.39, 0.29) is 30.6 Å². The zero-order chi connectivity index (χ0) is 28.9. The molecule has 0 saturated carbocycles. The van der Waals surface area contributed by atoms with Crippen LogP contribution in [-0.4, -0.2) is 71.3 Å². The van der Waals surface area contributed by atoms with Crippen LogP contribution in [0.2, 0.25) is 0 Å². The summed E-state index contributed by atoms with van der Waals surface area (Å²) in [6, 6.07) is 12.7. The molecule has 4 N–H and O–H groups in total. The van der Waals surface area contributed by atoms with Gasteiger partial charge >= 0.3 is 0 Å². The number of amides is 4. The summed E-state index contributed by atoms with van der Waals surface area (Å²) in [5.41, 5.74) is 1.81. The van der Waals surface area contributed by atoms with Gasteiger partial charge in [-0.2, -0.15) is 0 Å². The fourth-order valence-electron chi connectivity index (χ4n) is 4.60. The highest BCUT2D eigenvalue weighted by Crippen LogP contribution is 2.08. The maximum absolute atomic E-state index is 13.2. The lowest BCUT2D eigenvalue weighted by Crippen LogP contribution is -2.57. The molecule has 1 saturated heterocycles. The second-order valence-electron chi connectivity index (χ2n) is 10.6. The summed E-state index contributed by atoms with van der Waals surface area (Å²) in [4.78, 5) is 58.7. The van der Waals surface area contributed by atoms with Crippen molar-refractivity contribution in [1.29, 1.82) is 0 Å². The van der Waals surface area contributed by atoms with Gasteiger partial charge in [0.25, 0.3) is 0 Å². The first kappa shape index (κ1) is 30.7. The molecule has 1 aromatic carbocycles. The topological polar surface area (TPSA) is 133 Å². The molecule has 2 heterocycles. The van der Waals surface area contributed by atoms with E-state index in [4.69, 9.17) is 0 Å². The van der Waals surface area contributed by atoms with Crippen molar-refractivity contribution in [2.24, 2.45) is 5.92 Å². The standard InChI is InChI=1S/C30H42N6O4/c1-21(2)27-30(40)32-16-10-18-36(20-24-13-7-8-15-31-24)17-9-14-26(37)34-25(19-23-11-5-4-6-12-23)29(39)33-22(3)28(38)35-27/h4-8,11-13,15,21-22,25,27H,9-10,14,16-20H2,1-3H3,(H,32,40)(H,33,39)(H,34,37)(H,35,38)/t22-,25+,27-/m1/s1. The second-order valence-corrected chi connectivity index (χ2v) is 10.6. The Morgan fingerprint density at radius 2 is 1.60 bits per heavy atom. The lowest BCUT2D eigenvalue weighted by atomic mass is 10.0. The Balaban J connectivity index is 1.78. The summed E-state index contributed by atoms with van der Waals surface area (Å²) >= 11 is 0. The smallest absolute Gasteiger partial charge is 0.243 e. The van der Waals surface area contributed by atoms with Crippen LogP contribution in [0, 0.1) is 5.92 Å². The van der Waals surface area contributed by atoms with Gasteiger partial charge in [0, 0.05) is 38.7 Å². The van der Waals surface area contributed by atoms with Crippen LogP contribution in [0.3, 0.4) is 0 Å². The highest BCUT2D eigenvalue weighted by Gasteiger charge is 2.29. The molecule has 1 aliphatic rings. The molecular formula is C30H42N6O4. The quantitative estimate of drug-likeness (QED) is 0.447. The third kappa shape index (κ3) is 10.1. The van der Waals surface area contributed by atoms with E-state index < -0.39 is 29.9 Å². The van der Waals surface area contributed by atoms with Crippen LogP contribution in [0.15, 0.2) is 54.7 Å². The van der Waals surface area contributed by atoms with Crippen LogP contribution in [0.1, 0.15) is 51.3 Å². The molecule has 1 aromatic heterocycles. The van der Waals surface area contributed by atoms with Gasteiger partial charge in [-0.25, -0.2) is 0 Å². The lowest BCUT2D eigenvalue weighted by Gasteiger charge is -2.26. The molecule has 0 radical (unpaired) electrons. The molecule has 10 heteroatoms. The maximum atomic E-state index is 13.2. The molecule has 0 spiro atoms. The van der Waals surface area contributed by atoms with Gasteiger partial charge in [-0.3, -0.25) is 29.1 Å². The van der Waals surface area contributed by atoms with Crippen LogP contribution < -0.4 is 21.3 Å². The molecule has 40 heavy (non-hydrogen) atoms. The van der Waals surface area contributed by atoms with E-state index in [1.54, 1.807) is 13.1 Å². The summed E-state index contributed by atoms with van der Waals surface area (Å²) in [5, 5.41) is 11.3. The lowest BCUT2D eigenvalue weighted by molar-refractivity contribution is -0.134. The van der Waals surface area contributed by atoms with Gasteiger partial charge in [0.15, 0.2) is 0 Å². The van der Waals surface area contributed by atoms with Gasteiger partial charge < -0.3 is 21.3 Å². The highest BCUT2D eigenvalue weighted by atomic mass is 16.2. The van der Waals surface area contributed by atoms with E-state index >= 15 is 0 Å². The number of benzene rings is 1. The number of hydrogen-bond acceptors (Lipinski definition) is 6. The van der Waals surface area contributed by atoms with Crippen molar-refractivity contribution < 1.29 is 19.2 Å². The zero-order valence-corrected chi connectivity index (χ0v) is 23.7. The summed E-state index contributed by atoms with van der Waals surface area (Å²) in [6.45, 7) is 7.73. The first-order valence-corrected chi connectivity index (χ1v) is 14.1. The van der Waals surface area contributed by atoms with E-state index in [9.17, 15) is 19.2 Å². The predicted octanol–water partition coefficient (Wildman–Crippen LogP) is 1.56. The Labute approximate surface area is 236 Å². The molecule has 0 unspecified atom stereocenters. The molecule has 10 nitrogen and oxygen atoms in total. The minimum atomic E-state index is -0.893. The van der Waals surface area contributed by atoms with Gasteiger partial charge in [0.2, 0.25) is 23.6 Å². The number of carbonyl (C=O) groups is 4. The molecule has 216 valence electrons. The Morgan fingerprint density at radius 3 is 2.30 bits per heavy atom. The van der Waals surface area contributed by atoms with Crippen molar-refractivity contribution in [3.63, 3.8) is 0 Å². The first-order valence-electron chi connectivity index (χ1n) is 14.1. The van der Waals surface area contributed by atoms with E-state index in [1.165, 1.54) is 0 Å². The van der Waals surface area contributed by atoms with Gasteiger partial charge in [-0.05, 0) is 49.9 Å². The van der Waals surface area contributed by atoms with Crippen LogP contribution in [-0.2, 0) is 32.1 Å². The number of carbonyl (C=O) groups excluding carboxylic acids is 4. The van der Waals surface area contributed by atoms with Crippen molar-refractivity contribution in [2.45, 2.75) is 71.1 Å². The summed E-state index contributed by atoms with van der Waals surface area (Å²) in [5.74, 6) is -1.55. The first-order chi connectivity index (χ1) is 19.2. The van der Waals surface area contributed by atoms with Gasteiger partial charge in [0.05, 0.1) is 5.69 Å². The van der Waals surface area contributed by atoms with Gasteiger partial charge in [-0.15, -0.1) is 0 Å². The Bertz CT molecular complexity index is 1110. The number of hydrogen-bond donors (Lipinski definition) is 4. The minimum absolute atomic E-state index is 0.150. The molecule has 3 rings (SSSR count). The number of nitrogens with one attached hydrogen (secondary N) is 4. The van der Waals surface area contributed by atoms with E-state index in [2.05, 4.69) is 31.2 Å². The molecule has 1 aliphatic heterocycles. The molecule has 2 aromatic rings. The second kappa shape index (κ2) is 15.7. The van der Waals surface area contributed by atoms with E-state index in [0.717, 1.165) is 11.3 Å². The minimum Gasteiger partial charge on any atom is -0.354 e. The monoisotopic (exact) mass is 550 g/mol. The van der Waals surface area contributed by atoms with E-state index in [1.807, 2.05) is 62.4 Å². The average molecular weight is 551 g/mol. The summed E-state index contributed by atoms with van der Waals surface area (Å²) < 4.78 is 0. The average Bonchev–Trinajstić information content (AvgIpc) is 2.93. The third-order valence-electron chi connectivity index (χ3n) is 6.87. The molecule has 3 atom stereocenters. The Hall–Kier alpha value is -3.79. The van der Waals surface area contributed by atoms with Crippen LogP contribution >= 0.6 is 0 Å². The van der Waals surface area contributed by atoms with Crippen molar-refractivity contribution in [2.75, 3.05) is 19.6 Å². The van der Waals surface area contributed by atoms with Crippen molar-refractivity contribution in [3.05, 3.63) is 66.0 Å².